The van der Waals surface area contributed by atoms with Gasteiger partial charge in [0.2, 0.25) is 5.91 Å². The molecule has 0 aliphatic heterocycles. The zero-order valence-electron chi connectivity index (χ0n) is 11.9. The first-order valence-electron chi connectivity index (χ1n) is 7.14. The van der Waals surface area contributed by atoms with Crippen LogP contribution in [0.5, 0.6) is 0 Å². The van der Waals surface area contributed by atoms with Gasteiger partial charge in [-0.05, 0) is 38.3 Å². The fourth-order valence-corrected chi connectivity index (χ4v) is 3.46. The van der Waals surface area contributed by atoms with Crippen LogP contribution in [0.4, 0.5) is 0 Å². The van der Waals surface area contributed by atoms with Gasteiger partial charge in [-0.1, -0.05) is 37.0 Å². The number of hydrogen-bond acceptors (Lipinski definition) is 2. The van der Waals surface area contributed by atoms with E-state index >= 15 is 0 Å². The van der Waals surface area contributed by atoms with E-state index in [9.17, 15) is 4.79 Å². The summed E-state index contributed by atoms with van der Waals surface area (Å²) in [7, 11) is 0. The van der Waals surface area contributed by atoms with Gasteiger partial charge in [-0.3, -0.25) is 4.79 Å². The third-order valence-corrected chi connectivity index (χ3v) is 4.83. The molecule has 0 bridgehead atoms. The second-order valence-corrected chi connectivity index (χ2v) is 6.48. The quantitative estimate of drug-likeness (QED) is 0.847. The molecule has 1 saturated carbocycles. The van der Waals surface area contributed by atoms with Gasteiger partial charge in [0, 0.05) is 10.9 Å². The standard InChI is InChI=1S/C16H23NOS/c1-12-8-9-13(2)15(10-12)19-11-16(18)17-14-6-4-3-5-7-14/h8-10,14H,3-7,11H2,1-2H3,(H,17,18). The Morgan fingerprint density at radius 1 is 1.26 bits per heavy atom. The molecule has 19 heavy (non-hydrogen) atoms. The van der Waals surface area contributed by atoms with Gasteiger partial charge in [-0.25, -0.2) is 0 Å². The molecule has 1 aliphatic rings. The Labute approximate surface area is 120 Å². The zero-order chi connectivity index (χ0) is 13.7. The van der Waals surface area contributed by atoms with Gasteiger partial charge >= 0.3 is 0 Å². The lowest BCUT2D eigenvalue weighted by molar-refractivity contribution is -0.119. The highest BCUT2D eigenvalue weighted by molar-refractivity contribution is 8.00. The highest BCUT2D eigenvalue weighted by atomic mass is 32.2. The SMILES string of the molecule is Cc1ccc(C)c(SCC(=O)NC2CCCCC2)c1. The number of aryl methyl sites for hydroxylation is 2. The number of nitrogens with one attached hydrogen (secondary N) is 1. The summed E-state index contributed by atoms with van der Waals surface area (Å²) >= 11 is 1.65. The fraction of sp³-hybridized carbons (Fsp3) is 0.562. The Morgan fingerprint density at radius 3 is 2.74 bits per heavy atom. The maximum Gasteiger partial charge on any atom is 0.230 e. The van der Waals surface area contributed by atoms with E-state index < -0.39 is 0 Å². The van der Waals surface area contributed by atoms with Gasteiger partial charge in [0.25, 0.3) is 0 Å². The van der Waals surface area contributed by atoms with E-state index in [0.29, 0.717) is 11.8 Å². The largest absolute Gasteiger partial charge is 0.353 e. The number of amides is 1. The Balaban J connectivity index is 1.81. The number of carbonyl (C=O) groups is 1. The first kappa shape index (κ1) is 14.4. The molecule has 2 rings (SSSR count). The van der Waals surface area contributed by atoms with Crippen LogP contribution in [0.15, 0.2) is 23.1 Å². The lowest BCUT2D eigenvalue weighted by atomic mass is 9.95. The van der Waals surface area contributed by atoms with Crippen molar-refractivity contribution in [2.45, 2.75) is 56.9 Å². The molecule has 1 aromatic carbocycles. The molecule has 0 saturated heterocycles. The first-order valence-corrected chi connectivity index (χ1v) is 8.13. The Morgan fingerprint density at radius 2 is 2.00 bits per heavy atom. The first-order chi connectivity index (χ1) is 9.15. The maximum absolute atomic E-state index is 11.9. The summed E-state index contributed by atoms with van der Waals surface area (Å²) in [6, 6.07) is 6.81. The van der Waals surface area contributed by atoms with Crippen LogP contribution in [-0.2, 0) is 4.79 Å². The second-order valence-electron chi connectivity index (χ2n) is 5.46. The predicted molar refractivity (Wildman–Crippen MR) is 81.7 cm³/mol. The van der Waals surface area contributed by atoms with Crippen LogP contribution >= 0.6 is 11.8 Å². The van der Waals surface area contributed by atoms with Gasteiger partial charge in [0.15, 0.2) is 0 Å². The molecule has 0 spiro atoms. The van der Waals surface area contributed by atoms with Gasteiger partial charge in [-0.15, -0.1) is 11.8 Å². The zero-order valence-corrected chi connectivity index (χ0v) is 12.7. The van der Waals surface area contributed by atoms with E-state index in [4.69, 9.17) is 0 Å². The average Bonchev–Trinajstić information content (AvgIpc) is 2.41. The van der Waals surface area contributed by atoms with Crippen LogP contribution in [0.25, 0.3) is 0 Å². The minimum absolute atomic E-state index is 0.179. The van der Waals surface area contributed by atoms with Crippen LogP contribution in [0, 0.1) is 13.8 Å². The molecule has 1 aromatic rings. The van der Waals surface area contributed by atoms with Crippen molar-refractivity contribution < 1.29 is 4.79 Å². The normalized spacial score (nSPS) is 16.3. The lowest BCUT2D eigenvalue weighted by Gasteiger charge is -2.22. The molecule has 3 heteroatoms. The van der Waals surface area contributed by atoms with Crippen LogP contribution in [0.2, 0.25) is 0 Å². The molecule has 0 radical (unpaired) electrons. The number of hydrogen-bond donors (Lipinski definition) is 1. The van der Waals surface area contributed by atoms with Gasteiger partial charge in [0.1, 0.15) is 0 Å². The van der Waals surface area contributed by atoms with Crippen molar-refractivity contribution in [3.05, 3.63) is 29.3 Å². The highest BCUT2D eigenvalue weighted by Gasteiger charge is 2.15. The van der Waals surface area contributed by atoms with Crippen molar-refractivity contribution in [1.82, 2.24) is 5.32 Å². The molecular weight excluding hydrogens is 254 g/mol. The Kier molecular flexibility index (Phi) is 5.32. The van der Waals surface area contributed by atoms with Crippen molar-refractivity contribution in [2.24, 2.45) is 0 Å². The topological polar surface area (TPSA) is 29.1 Å². The fourth-order valence-electron chi connectivity index (χ4n) is 2.52. The third-order valence-electron chi connectivity index (χ3n) is 3.67. The van der Waals surface area contributed by atoms with Crippen molar-refractivity contribution >= 4 is 17.7 Å². The molecule has 104 valence electrons. The molecule has 0 atom stereocenters. The summed E-state index contributed by atoms with van der Waals surface area (Å²) in [4.78, 5) is 13.2. The molecule has 1 amide bonds. The number of carbonyl (C=O) groups excluding carboxylic acids is 1. The third kappa shape index (κ3) is 4.57. The number of thioether (sulfide) groups is 1. The van der Waals surface area contributed by atoms with Crippen LogP contribution in [-0.4, -0.2) is 17.7 Å². The predicted octanol–water partition coefficient (Wildman–Crippen LogP) is 3.84. The summed E-state index contributed by atoms with van der Waals surface area (Å²) in [5.74, 6) is 0.707. The van der Waals surface area contributed by atoms with E-state index in [0.717, 1.165) is 12.8 Å². The molecule has 0 aromatic heterocycles. The summed E-state index contributed by atoms with van der Waals surface area (Å²) in [5.41, 5.74) is 2.50. The van der Waals surface area contributed by atoms with E-state index in [-0.39, 0.29) is 5.91 Å². The second kappa shape index (κ2) is 6.99. The number of rotatable bonds is 4. The van der Waals surface area contributed by atoms with Crippen molar-refractivity contribution in [3.63, 3.8) is 0 Å². The van der Waals surface area contributed by atoms with Crippen molar-refractivity contribution in [3.8, 4) is 0 Å². The van der Waals surface area contributed by atoms with Gasteiger partial charge < -0.3 is 5.32 Å². The lowest BCUT2D eigenvalue weighted by Crippen LogP contribution is -2.37. The average molecular weight is 277 g/mol. The van der Waals surface area contributed by atoms with Gasteiger partial charge in [0.05, 0.1) is 5.75 Å². The van der Waals surface area contributed by atoms with Crippen molar-refractivity contribution in [1.29, 1.82) is 0 Å². The molecule has 1 N–H and O–H groups in total. The van der Waals surface area contributed by atoms with Crippen LogP contribution in [0.3, 0.4) is 0 Å². The Bertz CT molecular complexity index is 438. The van der Waals surface area contributed by atoms with E-state index in [1.54, 1.807) is 11.8 Å². The maximum atomic E-state index is 11.9. The van der Waals surface area contributed by atoms with Crippen LogP contribution < -0.4 is 5.32 Å². The van der Waals surface area contributed by atoms with E-state index in [1.807, 2.05) is 0 Å². The highest BCUT2D eigenvalue weighted by Crippen LogP contribution is 2.23. The molecule has 1 fully saturated rings. The molecule has 0 unspecified atom stereocenters. The van der Waals surface area contributed by atoms with E-state index in [2.05, 4.69) is 37.4 Å². The molecular formula is C16H23NOS. The monoisotopic (exact) mass is 277 g/mol. The van der Waals surface area contributed by atoms with Crippen molar-refractivity contribution in [2.75, 3.05) is 5.75 Å². The minimum atomic E-state index is 0.179. The molecule has 2 nitrogen and oxygen atoms in total. The molecule has 0 heterocycles. The van der Waals surface area contributed by atoms with E-state index in [1.165, 1.54) is 35.3 Å². The van der Waals surface area contributed by atoms with Crippen LogP contribution in [0.1, 0.15) is 43.2 Å². The summed E-state index contributed by atoms with van der Waals surface area (Å²) in [6.07, 6.45) is 6.15. The summed E-state index contributed by atoms with van der Waals surface area (Å²) in [6.45, 7) is 4.19. The smallest absolute Gasteiger partial charge is 0.230 e. The summed E-state index contributed by atoms with van der Waals surface area (Å²) in [5, 5.41) is 3.16. The number of benzene rings is 1. The molecule has 1 aliphatic carbocycles. The van der Waals surface area contributed by atoms with Gasteiger partial charge in [-0.2, -0.15) is 0 Å². The Hall–Kier alpha value is -0.960. The minimum Gasteiger partial charge on any atom is -0.353 e. The summed E-state index contributed by atoms with van der Waals surface area (Å²) < 4.78 is 0.